The lowest BCUT2D eigenvalue weighted by molar-refractivity contribution is -0.123. The third-order valence-corrected chi connectivity index (χ3v) is 5.86. The van der Waals surface area contributed by atoms with Crippen LogP contribution in [0.5, 0.6) is 0 Å². The van der Waals surface area contributed by atoms with E-state index in [0.29, 0.717) is 23.2 Å². The third-order valence-electron chi connectivity index (χ3n) is 5.61. The molecule has 0 radical (unpaired) electrons. The number of carbonyl (C=O) groups excluding carboxylic acids is 2. The number of amides is 3. The van der Waals surface area contributed by atoms with Gasteiger partial charge in [-0.15, -0.1) is 0 Å². The van der Waals surface area contributed by atoms with Gasteiger partial charge in [0.05, 0.1) is 0 Å². The van der Waals surface area contributed by atoms with Gasteiger partial charge in [0.15, 0.2) is 0 Å². The summed E-state index contributed by atoms with van der Waals surface area (Å²) in [5, 5.41) is 9.35. The van der Waals surface area contributed by atoms with Crippen molar-refractivity contribution in [3.05, 3.63) is 65.2 Å². The number of nitrogens with one attached hydrogen (secondary N) is 3. The van der Waals surface area contributed by atoms with Crippen molar-refractivity contribution in [3.63, 3.8) is 0 Å². The van der Waals surface area contributed by atoms with Crippen molar-refractivity contribution in [2.75, 3.05) is 18.4 Å². The third kappa shape index (κ3) is 7.26. The summed E-state index contributed by atoms with van der Waals surface area (Å²) < 4.78 is 0. The van der Waals surface area contributed by atoms with E-state index in [0.717, 1.165) is 31.5 Å². The molecule has 1 fully saturated rings. The van der Waals surface area contributed by atoms with Crippen LogP contribution in [0, 0.1) is 0 Å². The fourth-order valence-electron chi connectivity index (χ4n) is 3.78. The molecule has 1 aliphatic rings. The molecular weight excluding hydrogens is 412 g/mol. The number of urea groups is 1. The number of hydrogen-bond acceptors (Lipinski definition) is 3. The van der Waals surface area contributed by atoms with Crippen LogP contribution in [0.15, 0.2) is 54.6 Å². The Labute approximate surface area is 189 Å². The normalized spacial score (nSPS) is 16.0. The van der Waals surface area contributed by atoms with Crippen LogP contribution < -0.4 is 16.0 Å². The van der Waals surface area contributed by atoms with Crippen LogP contribution in [0.2, 0.25) is 5.02 Å². The second-order valence-corrected chi connectivity index (χ2v) is 8.70. The van der Waals surface area contributed by atoms with Crippen molar-refractivity contribution in [1.29, 1.82) is 0 Å². The standard InChI is InChI=1S/C24H31ClN4O2/c1-17(2)29-14-12-21(13-15-29)26-23(30)22(16-18-6-4-3-5-7-18)28-24(31)27-20-10-8-19(25)9-11-20/h3-11,17,21-22H,12-16H2,1-2H3,(H,26,30)(H2,27,28,31). The first-order chi connectivity index (χ1) is 14.9. The van der Waals surface area contributed by atoms with Crippen LogP contribution in [0.1, 0.15) is 32.3 Å². The van der Waals surface area contributed by atoms with Gasteiger partial charge in [-0.05, 0) is 56.5 Å². The number of hydrogen-bond donors (Lipinski definition) is 3. The fourth-order valence-corrected chi connectivity index (χ4v) is 3.91. The topological polar surface area (TPSA) is 73.5 Å². The van der Waals surface area contributed by atoms with Gasteiger partial charge in [0.25, 0.3) is 0 Å². The highest BCUT2D eigenvalue weighted by atomic mass is 35.5. The first-order valence-corrected chi connectivity index (χ1v) is 11.2. The molecule has 2 aromatic rings. The highest BCUT2D eigenvalue weighted by Gasteiger charge is 2.26. The molecule has 1 unspecified atom stereocenters. The molecule has 166 valence electrons. The van der Waals surface area contributed by atoms with E-state index in [1.165, 1.54) is 0 Å². The van der Waals surface area contributed by atoms with Crippen molar-refractivity contribution in [2.45, 2.75) is 51.2 Å². The number of benzene rings is 2. The van der Waals surface area contributed by atoms with Gasteiger partial charge in [0.2, 0.25) is 5.91 Å². The van der Waals surface area contributed by atoms with E-state index in [4.69, 9.17) is 11.6 Å². The van der Waals surface area contributed by atoms with E-state index in [-0.39, 0.29) is 11.9 Å². The lowest BCUT2D eigenvalue weighted by atomic mass is 10.0. The maximum absolute atomic E-state index is 13.1. The Hall–Kier alpha value is -2.57. The summed E-state index contributed by atoms with van der Waals surface area (Å²) in [6, 6.07) is 16.1. The van der Waals surface area contributed by atoms with Gasteiger partial charge in [-0.1, -0.05) is 41.9 Å². The van der Waals surface area contributed by atoms with E-state index >= 15 is 0 Å². The number of likely N-dealkylation sites (tertiary alicyclic amines) is 1. The van der Waals surface area contributed by atoms with Gasteiger partial charge in [-0.2, -0.15) is 0 Å². The average molecular weight is 443 g/mol. The maximum atomic E-state index is 13.1. The molecule has 1 heterocycles. The first kappa shape index (κ1) is 23.1. The zero-order valence-corrected chi connectivity index (χ0v) is 18.9. The molecule has 1 atom stereocenters. The molecule has 1 saturated heterocycles. The second kappa shape index (κ2) is 11.2. The van der Waals surface area contributed by atoms with Gasteiger partial charge in [0.1, 0.15) is 6.04 Å². The summed E-state index contributed by atoms with van der Waals surface area (Å²) in [6.07, 6.45) is 2.25. The fraction of sp³-hybridized carbons (Fsp3) is 0.417. The lowest BCUT2D eigenvalue weighted by Crippen LogP contribution is -2.54. The van der Waals surface area contributed by atoms with Gasteiger partial charge in [0, 0.05) is 42.3 Å². The molecule has 0 aromatic heterocycles. The minimum absolute atomic E-state index is 0.127. The van der Waals surface area contributed by atoms with Crippen molar-refractivity contribution >= 4 is 29.2 Å². The number of anilines is 1. The van der Waals surface area contributed by atoms with Crippen molar-refractivity contribution < 1.29 is 9.59 Å². The molecule has 3 rings (SSSR count). The van der Waals surface area contributed by atoms with Gasteiger partial charge < -0.3 is 20.9 Å². The van der Waals surface area contributed by atoms with Crippen molar-refractivity contribution in [1.82, 2.24) is 15.5 Å². The maximum Gasteiger partial charge on any atom is 0.319 e. The van der Waals surface area contributed by atoms with Crippen LogP contribution >= 0.6 is 11.6 Å². The molecule has 2 aromatic carbocycles. The molecule has 31 heavy (non-hydrogen) atoms. The monoisotopic (exact) mass is 442 g/mol. The smallest absolute Gasteiger partial charge is 0.319 e. The van der Waals surface area contributed by atoms with E-state index in [9.17, 15) is 9.59 Å². The lowest BCUT2D eigenvalue weighted by Gasteiger charge is -2.35. The largest absolute Gasteiger partial charge is 0.351 e. The van der Waals surface area contributed by atoms with E-state index in [1.54, 1.807) is 24.3 Å². The van der Waals surface area contributed by atoms with E-state index < -0.39 is 12.1 Å². The average Bonchev–Trinajstić information content (AvgIpc) is 2.76. The van der Waals surface area contributed by atoms with Gasteiger partial charge in [-0.25, -0.2) is 4.79 Å². The Bertz CT molecular complexity index is 850. The Balaban J connectivity index is 1.62. The summed E-state index contributed by atoms with van der Waals surface area (Å²) >= 11 is 5.90. The highest BCUT2D eigenvalue weighted by Crippen LogP contribution is 2.15. The Morgan fingerprint density at radius 2 is 1.68 bits per heavy atom. The van der Waals surface area contributed by atoms with Crippen LogP contribution in [-0.4, -0.2) is 48.1 Å². The Morgan fingerprint density at radius 3 is 2.29 bits per heavy atom. The summed E-state index contributed by atoms with van der Waals surface area (Å²) in [5.74, 6) is -0.155. The minimum atomic E-state index is -0.669. The molecule has 0 spiro atoms. The Morgan fingerprint density at radius 1 is 1.03 bits per heavy atom. The van der Waals surface area contributed by atoms with E-state index in [2.05, 4.69) is 34.7 Å². The number of rotatable bonds is 7. The summed E-state index contributed by atoms with van der Waals surface area (Å²) in [5.41, 5.74) is 1.60. The molecule has 6 nitrogen and oxygen atoms in total. The highest BCUT2D eigenvalue weighted by molar-refractivity contribution is 6.30. The molecule has 0 aliphatic carbocycles. The van der Waals surface area contributed by atoms with Crippen molar-refractivity contribution in [3.8, 4) is 0 Å². The molecule has 7 heteroatoms. The summed E-state index contributed by atoms with van der Waals surface area (Å²) in [4.78, 5) is 28.1. The van der Waals surface area contributed by atoms with Crippen LogP contribution in [0.4, 0.5) is 10.5 Å². The van der Waals surface area contributed by atoms with Crippen LogP contribution in [0.25, 0.3) is 0 Å². The number of halogens is 1. The zero-order chi connectivity index (χ0) is 22.2. The second-order valence-electron chi connectivity index (χ2n) is 8.26. The summed E-state index contributed by atoms with van der Waals surface area (Å²) in [7, 11) is 0. The van der Waals surface area contributed by atoms with Crippen molar-refractivity contribution in [2.24, 2.45) is 0 Å². The SMILES string of the molecule is CC(C)N1CCC(NC(=O)C(Cc2ccccc2)NC(=O)Nc2ccc(Cl)cc2)CC1. The molecule has 1 aliphatic heterocycles. The van der Waals surface area contributed by atoms with Crippen LogP contribution in [0.3, 0.4) is 0 Å². The van der Waals surface area contributed by atoms with E-state index in [1.807, 2.05) is 30.3 Å². The molecule has 0 saturated carbocycles. The molecular formula is C24H31ClN4O2. The van der Waals surface area contributed by atoms with Crippen LogP contribution in [-0.2, 0) is 11.2 Å². The minimum Gasteiger partial charge on any atom is -0.351 e. The van der Waals surface area contributed by atoms with Gasteiger partial charge >= 0.3 is 6.03 Å². The predicted molar refractivity (Wildman–Crippen MR) is 125 cm³/mol. The predicted octanol–water partition coefficient (Wildman–Crippen LogP) is 4.06. The number of nitrogens with zero attached hydrogens (tertiary/aromatic N) is 1. The molecule has 0 bridgehead atoms. The summed E-state index contributed by atoms with van der Waals surface area (Å²) in [6.45, 7) is 6.32. The number of carbonyl (C=O) groups is 2. The first-order valence-electron chi connectivity index (χ1n) is 10.8. The molecule has 3 N–H and O–H groups in total. The quantitative estimate of drug-likeness (QED) is 0.605. The zero-order valence-electron chi connectivity index (χ0n) is 18.1. The Kier molecular flexibility index (Phi) is 8.32. The number of piperidine rings is 1. The molecule has 3 amide bonds. The van der Waals surface area contributed by atoms with Gasteiger partial charge in [-0.3, -0.25) is 4.79 Å².